The van der Waals surface area contributed by atoms with Gasteiger partial charge in [-0.15, -0.1) is 0 Å². The fourth-order valence-corrected chi connectivity index (χ4v) is 3.28. The molecule has 0 aromatic rings. The van der Waals surface area contributed by atoms with Gasteiger partial charge in [0.15, 0.2) is 0 Å². The summed E-state index contributed by atoms with van der Waals surface area (Å²) in [7, 11) is 0. The molecule has 1 aliphatic rings. The molecule has 1 aliphatic carbocycles. The van der Waals surface area contributed by atoms with Gasteiger partial charge in [0, 0.05) is 24.5 Å². The van der Waals surface area contributed by atoms with Gasteiger partial charge in [0.25, 0.3) is 0 Å². The zero-order valence-corrected chi connectivity index (χ0v) is 12.1. The SMILES string of the molecule is CCC(CBr)CN(CCO)C1CCCCC1. The van der Waals surface area contributed by atoms with Crippen molar-refractivity contribution in [2.45, 2.75) is 51.5 Å². The zero-order valence-electron chi connectivity index (χ0n) is 10.5. The smallest absolute Gasteiger partial charge is 0.0558 e. The first kappa shape index (κ1) is 14.5. The summed E-state index contributed by atoms with van der Waals surface area (Å²) in [6.07, 6.45) is 8.03. The maximum atomic E-state index is 9.17. The predicted octanol–water partition coefficient (Wildman–Crippen LogP) is 3.03. The van der Waals surface area contributed by atoms with E-state index in [4.69, 9.17) is 0 Å². The summed E-state index contributed by atoms with van der Waals surface area (Å²) < 4.78 is 0. The van der Waals surface area contributed by atoms with E-state index < -0.39 is 0 Å². The first-order chi connectivity index (χ1) is 7.81. The van der Waals surface area contributed by atoms with Crippen molar-refractivity contribution in [1.29, 1.82) is 0 Å². The number of hydrogen-bond acceptors (Lipinski definition) is 2. The molecule has 1 fully saturated rings. The van der Waals surface area contributed by atoms with Gasteiger partial charge >= 0.3 is 0 Å². The lowest BCUT2D eigenvalue weighted by Gasteiger charge is -2.35. The van der Waals surface area contributed by atoms with Gasteiger partial charge in [-0.1, -0.05) is 48.5 Å². The Labute approximate surface area is 109 Å². The molecule has 3 heteroatoms. The summed E-state index contributed by atoms with van der Waals surface area (Å²) >= 11 is 3.59. The van der Waals surface area contributed by atoms with Crippen LogP contribution in [0.25, 0.3) is 0 Å². The van der Waals surface area contributed by atoms with Gasteiger partial charge in [0.2, 0.25) is 0 Å². The largest absolute Gasteiger partial charge is 0.395 e. The van der Waals surface area contributed by atoms with Gasteiger partial charge in [-0.2, -0.15) is 0 Å². The minimum Gasteiger partial charge on any atom is -0.395 e. The predicted molar refractivity (Wildman–Crippen MR) is 73.1 cm³/mol. The number of aliphatic hydroxyl groups excluding tert-OH is 1. The molecule has 0 spiro atoms. The fraction of sp³-hybridized carbons (Fsp3) is 1.00. The lowest BCUT2D eigenvalue weighted by molar-refractivity contribution is 0.109. The van der Waals surface area contributed by atoms with Gasteiger partial charge in [-0.3, -0.25) is 4.90 Å². The highest BCUT2D eigenvalue weighted by molar-refractivity contribution is 9.09. The van der Waals surface area contributed by atoms with Crippen molar-refractivity contribution < 1.29 is 5.11 Å². The number of rotatable bonds is 7. The number of halogens is 1. The molecule has 2 nitrogen and oxygen atoms in total. The highest BCUT2D eigenvalue weighted by Gasteiger charge is 2.22. The molecular formula is C13H26BrNO. The van der Waals surface area contributed by atoms with Crippen molar-refractivity contribution in [1.82, 2.24) is 4.90 Å². The maximum absolute atomic E-state index is 9.17. The quantitative estimate of drug-likeness (QED) is 0.729. The van der Waals surface area contributed by atoms with Gasteiger partial charge in [-0.25, -0.2) is 0 Å². The minimum absolute atomic E-state index is 0.301. The van der Waals surface area contributed by atoms with E-state index >= 15 is 0 Å². The van der Waals surface area contributed by atoms with E-state index in [1.807, 2.05) is 0 Å². The number of nitrogens with zero attached hydrogens (tertiary/aromatic N) is 1. The molecule has 0 aromatic carbocycles. The molecule has 0 bridgehead atoms. The highest BCUT2D eigenvalue weighted by atomic mass is 79.9. The van der Waals surface area contributed by atoms with E-state index in [0.717, 1.165) is 30.4 Å². The van der Waals surface area contributed by atoms with Crippen LogP contribution in [0, 0.1) is 5.92 Å². The average molecular weight is 292 g/mol. The van der Waals surface area contributed by atoms with Gasteiger partial charge < -0.3 is 5.11 Å². The monoisotopic (exact) mass is 291 g/mol. The molecular weight excluding hydrogens is 266 g/mol. The lowest BCUT2D eigenvalue weighted by atomic mass is 9.93. The summed E-state index contributed by atoms with van der Waals surface area (Å²) in [5, 5.41) is 10.3. The second-order valence-corrected chi connectivity index (χ2v) is 5.59. The van der Waals surface area contributed by atoms with Crippen molar-refractivity contribution in [3.05, 3.63) is 0 Å². The normalized spacial score (nSPS) is 20.2. The molecule has 96 valence electrons. The molecule has 0 amide bonds. The Morgan fingerprint density at radius 2 is 2.00 bits per heavy atom. The Bertz CT molecular complexity index is 167. The molecule has 1 rings (SSSR count). The topological polar surface area (TPSA) is 23.5 Å². The molecule has 0 heterocycles. The van der Waals surface area contributed by atoms with Gasteiger partial charge in [-0.05, 0) is 18.8 Å². The minimum atomic E-state index is 0.301. The maximum Gasteiger partial charge on any atom is 0.0558 e. The summed E-state index contributed by atoms with van der Waals surface area (Å²) in [5.74, 6) is 0.730. The second kappa shape index (κ2) is 8.48. The Morgan fingerprint density at radius 3 is 2.50 bits per heavy atom. The van der Waals surface area contributed by atoms with Crippen LogP contribution >= 0.6 is 15.9 Å². The summed E-state index contributed by atoms with van der Waals surface area (Å²) in [4.78, 5) is 2.52. The molecule has 0 aliphatic heterocycles. The molecule has 1 saturated carbocycles. The third kappa shape index (κ3) is 4.72. The van der Waals surface area contributed by atoms with E-state index in [9.17, 15) is 5.11 Å². The van der Waals surface area contributed by atoms with E-state index in [0.29, 0.717) is 6.61 Å². The zero-order chi connectivity index (χ0) is 11.8. The highest BCUT2D eigenvalue weighted by Crippen LogP contribution is 2.23. The van der Waals surface area contributed by atoms with E-state index in [1.165, 1.54) is 38.5 Å². The molecule has 0 saturated heterocycles. The van der Waals surface area contributed by atoms with E-state index in [2.05, 4.69) is 27.8 Å². The van der Waals surface area contributed by atoms with Crippen molar-refractivity contribution in [3.8, 4) is 0 Å². The Balaban J connectivity index is 2.44. The standard InChI is InChI=1S/C13H26BrNO/c1-2-12(10-14)11-15(8-9-16)13-6-4-3-5-7-13/h12-13,16H,2-11H2,1H3. The van der Waals surface area contributed by atoms with Crippen LogP contribution in [0.5, 0.6) is 0 Å². The number of aliphatic hydroxyl groups is 1. The van der Waals surface area contributed by atoms with Crippen LogP contribution in [0.1, 0.15) is 45.4 Å². The molecule has 0 radical (unpaired) electrons. The van der Waals surface area contributed by atoms with E-state index in [1.54, 1.807) is 0 Å². The molecule has 1 N–H and O–H groups in total. The number of alkyl halides is 1. The van der Waals surface area contributed by atoms with Crippen molar-refractivity contribution in [2.75, 3.05) is 25.0 Å². The van der Waals surface area contributed by atoms with Gasteiger partial charge in [0.05, 0.1) is 6.61 Å². The number of hydrogen-bond donors (Lipinski definition) is 1. The van der Waals surface area contributed by atoms with Crippen LogP contribution in [0.4, 0.5) is 0 Å². The van der Waals surface area contributed by atoms with Crippen LogP contribution in [-0.2, 0) is 0 Å². The van der Waals surface area contributed by atoms with Crippen LogP contribution in [-0.4, -0.2) is 41.1 Å². The van der Waals surface area contributed by atoms with Gasteiger partial charge in [0.1, 0.15) is 0 Å². The van der Waals surface area contributed by atoms with Crippen LogP contribution in [0.2, 0.25) is 0 Å². The molecule has 1 unspecified atom stereocenters. The Morgan fingerprint density at radius 1 is 1.31 bits per heavy atom. The molecule has 16 heavy (non-hydrogen) atoms. The van der Waals surface area contributed by atoms with Crippen molar-refractivity contribution in [3.63, 3.8) is 0 Å². The van der Waals surface area contributed by atoms with Crippen LogP contribution < -0.4 is 0 Å². The third-order valence-electron chi connectivity index (χ3n) is 3.77. The fourth-order valence-electron chi connectivity index (χ4n) is 2.62. The first-order valence-electron chi connectivity index (χ1n) is 6.72. The van der Waals surface area contributed by atoms with Crippen LogP contribution in [0.3, 0.4) is 0 Å². The lowest BCUT2D eigenvalue weighted by Crippen LogP contribution is -2.41. The molecule has 0 aromatic heterocycles. The van der Waals surface area contributed by atoms with E-state index in [-0.39, 0.29) is 0 Å². The average Bonchev–Trinajstić information content (AvgIpc) is 2.35. The van der Waals surface area contributed by atoms with Crippen molar-refractivity contribution >= 4 is 15.9 Å². The third-order valence-corrected chi connectivity index (χ3v) is 4.68. The second-order valence-electron chi connectivity index (χ2n) is 4.94. The summed E-state index contributed by atoms with van der Waals surface area (Å²) in [6.45, 7) is 4.56. The first-order valence-corrected chi connectivity index (χ1v) is 7.84. The molecule has 1 atom stereocenters. The van der Waals surface area contributed by atoms with Crippen LogP contribution in [0.15, 0.2) is 0 Å². The Hall–Kier alpha value is 0.400. The summed E-state index contributed by atoms with van der Waals surface area (Å²) in [6, 6.07) is 0.731. The van der Waals surface area contributed by atoms with Crippen molar-refractivity contribution in [2.24, 2.45) is 5.92 Å². The summed E-state index contributed by atoms with van der Waals surface area (Å²) in [5.41, 5.74) is 0. The Kier molecular flexibility index (Phi) is 7.67.